The summed E-state index contributed by atoms with van der Waals surface area (Å²) >= 11 is 1.25. The summed E-state index contributed by atoms with van der Waals surface area (Å²) in [6, 6.07) is 5.65. The first-order valence-electron chi connectivity index (χ1n) is 9.26. The fourth-order valence-corrected chi connectivity index (χ4v) is 3.50. The van der Waals surface area contributed by atoms with E-state index in [9.17, 15) is 18.8 Å². The third-order valence-electron chi connectivity index (χ3n) is 4.13. The van der Waals surface area contributed by atoms with Crippen molar-refractivity contribution in [3.63, 3.8) is 0 Å². The summed E-state index contributed by atoms with van der Waals surface area (Å²) in [6.07, 6.45) is 0. The van der Waals surface area contributed by atoms with Crippen molar-refractivity contribution in [2.45, 2.75) is 19.9 Å². The molecule has 0 radical (unpaired) electrons. The van der Waals surface area contributed by atoms with E-state index in [0.717, 1.165) is 0 Å². The van der Waals surface area contributed by atoms with E-state index in [0.29, 0.717) is 38.4 Å². The highest BCUT2D eigenvalue weighted by atomic mass is 32.2. The molecule has 1 fully saturated rings. The minimum atomic E-state index is -0.362. The number of halogens is 1. The summed E-state index contributed by atoms with van der Waals surface area (Å²) in [5.74, 6) is -0.226. The summed E-state index contributed by atoms with van der Waals surface area (Å²) in [4.78, 5) is 39.8. The highest BCUT2D eigenvalue weighted by molar-refractivity contribution is 8.00. The van der Waals surface area contributed by atoms with Crippen molar-refractivity contribution in [3.8, 4) is 0 Å². The monoisotopic (exact) mass is 410 g/mol. The molecular weight excluding hydrogens is 383 g/mol. The van der Waals surface area contributed by atoms with Crippen molar-refractivity contribution < 1.29 is 18.8 Å². The van der Waals surface area contributed by atoms with Gasteiger partial charge in [0.15, 0.2) is 0 Å². The predicted octanol–water partition coefficient (Wildman–Crippen LogP) is 1.17. The van der Waals surface area contributed by atoms with Gasteiger partial charge in [-0.3, -0.25) is 19.3 Å². The van der Waals surface area contributed by atoms with Crippen molar-refractivity contribution in [2.24, 2.45) is 0 Å². The molecule has 1 saturated heterocycles. The van der Waals surface area contributed by atoms with Gasteiger partial charge >= 0.3 is 0 Å². The normalized spacial score (nSPS) is 14.8. The molecule has 1 aliphatic rings. The van der Waals surface area contributed by atoms with Crippen LogP contribution in [0.5, 0.6) is 0 Å². The number of nitrogens with one attached hydrogen (secondary N) is 2. The molecule has 0 aliphatic carbocycles. The number of rotatable bonds is 8. The van der Waals surface area contributed by atoms with Crippen LogP contribution in [0.15, 0.2) is 24.3 Å². The van der Waals surface area contributed by atoms with E-state index >= 15 is 0 Å². The zero-order chi connectivity index (χ0) is 20.5. The summed E-state index contributed by atoms with van der Waals surface area (Å²) in [5.41, 5.74) is 0.524. The van der Waals surface area contributed by atoms with Crippen LogP contribution in [0, 0.1) is 5.82 Å². The molecule has 0 aromatic heterocycles. The molecule has 28 heavy (non-hydrogen) atoms. The summed E-state index contributed by atoms with van der Waals surface area (Å²) < 4.78 is 12.8. The van der Waals surface area contributed by atoms with Gasteiger partial charge in [0.05, 0.1) is 18.1 Å². The average molecular weight is 411 g/mol. The van der Waals surface area contributed by atoms with E-state index in [1.165, 1.54) is 36.0 Å². The van der Waals surface area contributed by atoms with Crippen LogP contribution in [0.25, 0.3) is 0 Å². The van der Waals surface area contributed by atoms with Crippen LogP contribution in [0.2, 0.25) is 0 Å². The van der Waals surface area contributed by atoms with Crippen molar-refractivity contribution in [1.82, 2.24) is 15.1 Å². The van der Waals surface area contributed by atoms with E-state index < -0.39 is 0 Å². The van der Waals surface area contributed by atoms with Crippen LogP contribution < -0.4 is 10.6 Å². The van der Waals surface area contributed by atoms with E-state index in [2.05, 4.69) is 10.6 Å². The quantitative estimate of drug-likeness (QED) is 0.672. The van der Waals surface area contributed by atoms with Gasteiger partial charge in [0.25, 0.3) is 0 Å². The zero-order valence-electron chi connectivity index (χ0n) is 16.2. The number of carbonyl (C=O) groups is 3. The Morgan fingerprint density at radius 2 is 1.68 bits per heavy atom. The molecule has 3 amide bonds. The minimum absolute atomic E-state index is 0.00232. The molecular formula is C19H27FN4O3S. The van der Waals surface area contributed by atoms with Gasteiger partial charge in [-0.2, -0.15) is 0 Å². The molecule has 2 rings (SSSR count). The Morgan fingerprint density at radius 1 is 1.04 bits per heavy atom. The molecule has 1 heterocycles. The lowest BCUT2D eigenvalue weighted by molar-refractivity contribution is -0.130. The van der Waals surface area contributed by atoms with Gasteiger partial charge in [0, 0.05) is 37.9 Å². The van der Waals surface area contributed by atoms with Gasteiger partial charge in [-0.05, 0) is 38.1 Å². The van der Waals surface area contributed by atoms with Gasteiger partial charge in [-0.25, -0.2) is 4.39 Å². The lowest BCUT2D eigenvalue weighted by Crippen LogP contribution is -2.52. The van der Waals surface area contributed by atoms with Gasteiger partial charge in [0.1, 0.15) is 5.82 Å². The maximum atomic E-state index is 12.8. The van der Waals surface area contributed by atoms with Crippen LogP contribution in [-0.4, -0.2) is 77.8 Å². The van der Waals surface area contributed by atoms with E-state index in [1.807, 2.05) is 18.7 Å². The number of anilines is 1. The third-order valence-corrected chi connectivity index (χ3v) is 5.05. The maximum absolute atomic E-state index is 12.8. The fraction of sp³-hybridized carbons (Fsp3) is 0.526. The van der Waals surface area contributed by atoms with E-state index in [4.69, 9.17) is 0 Å². The lowest BCUT2D eigenvalue weighted by Gasteiger charge is -2.34. The first-order chi connectivity index (χ1) is 13.3. The summed E-state index contributed by atoms with van der Waals surface area (Å²) in [6.45, 7) is 6.67. The molecule has 0 unspecified atom stereocenters. The van der Waals surface area contributed by atoms with E-state index in [-0.39, 0.29) is 41.1 Å². The van der Waals surface area contributed by atoms with Crippen molar-refractivity contribution in [3.05, 3.63) is 30.1 Å². The second kappa shape index (κ2) is 11.0. The standard InChI is InChI=1S/C19H27FN4O3S/c1-14(2)21-17(25)11-23-7-9-24(10-8-23)19(27)13-28-12-18(26)22-16-5-3-15(20)4-6-16/h3-6,14H,7-13H2,1-2H3,(H,21,25)(H,22,26). The molecule has 1 aliphatic heterocycles. The number of hydrogen-bond acceptors (Lipinski definition) is 5. The Balaban J connectivity index is 1.62. The Bertz CT molecular complexity index is 676. The Kier molecular flexibility index (Phi) is 8.72. The van der Waals surface area contributed by atoms with Crippen LogP contribution in [0.3, 0.4) is 0 Å². The number of carbonyl (C=O) groups excluding carboxylic acids is 3. The number of hydrogen-bond donors (Lipinski definition) is 2. The summed E-state index contributed by atoms with van der Waals surface area (Å²) in [7, 11) is 0. The summed E-state index contributed by atoms with van der Waals surface area (Å²) in [5, 5.41) is 5.53. The van der Waals surface area contributed by atoms with Crippen LogP contribution in [0.1, 0.15) is 13.8 Å². The largest absolute Gasteiger partial charge is 0.353 e. The number of thioether (sulfide) groups is 1. The zero-order valence-corrected chi connectivity index (χ0v) is 17.1. The molecule has 154 valence electrons. The molecule has 0 atom stereocenters. The topological polar surface area (TPSA) is 81.8 Å². The average Bonchev–Trinajstić information content (AvgIpc) is 2.63. The van der Waals surface area contributed by atoms with Crippen LogP contribution >= 0.6 is 11.8 Å². The van der Waals surface area contributed by atoms with Gasteiger partial charge in [0.2, 0.25) is 17.7 Å². The van der Waals surface area contributed by atoms with Crippen molar-refractivity contribution in [1.29, 1.82) is 0 Å². The van der Waals surface area contributed by atoms with Gasteiger partial charge in [-0.1, -0.05) is 0 Å². The molecule has 2 N–H and O–H groups in total. The Labute approximate surface area is 169 Å². The Hall–Kier alpha value is -2.13. The first-order valence-corrected chi connectivity index (χ1v) is 10.4. The number of benzene rings is 1. The molecule has 0 bridgehead atoms. The SMILES string of the molecule is CC(C)NC(=O)CN1CCN(C(=O)CSCC(=O)Nc2ccc(F)cc2)CC1. The van der Waals surface area contributed by atoms with Crippen molar-refractivity contribution >= 4 is 35.2 Å². The lowest BCUT2D eigenvalue weighted by atomic mass is 10.3. The van der Waals surface area contributed by atoms with E-state index in [1.54, 1.807) is 4.90 Å². The minimum Gasteiger partial charge on any atom is -0.353 e. The second-order valence-electron chi connectivity index (χ2n) is 6.93. The van der Waals surface area contributed by atoms with Crippen LogP contribution in [-0.2, 0) is 14.4 Å². The maximum Gasteiger partial charge on any atom is 0.234 e. The molecule has 0 saturated carbocycles. The van der Waals surface area contributed by atoms with Gasteiger partial charge < -0.3 is 15.5 Å². The third kappa shape index (κ3) is 7.85. The van der Waals surface area contributed by atoms with Crippen molar-refractivity contribution in [2.75, 3.05) is 49.5 Å². The molecule has 1 aromatic carbocycles. The highest BCUT2D eigenvalue weighted by Gasteiger charge is 2.22. The first kappa shape index (κ1) is 22.2. The fourth-order valence-electron chi connectivity index (χ4n) is 2.78. The molecule has 9 heteroatoms. The van der Waals surface area contributed by atoms with Gasteiger partial charge in [-0.15, -0.1) is 11.8 Å². The molecule has 1 aromatic rings. The molecule has 7 nitrogen and oxygen atoms in total. The number of nitrogens with zero attached hydrogens (tertiary/aromatic N) is 2. The smallest absolute Gasteiger partial charge is 0.234 e. The number of piperazine rings is 1. The second-order valence-corrected chi connectivity index (χ2v) is 7.91. The number of amides is 3. The van der Waals surface area contributed by atoms with Crippen LogP contribution in [0.4, 0.5) is 10.1 Å². The predicted molar refractivity (Wildman–Crippen MR) is 109 cm³/mol. The highest BCUT2D eigenvalue weighted by Crippen LogP contribution is 2.11. The Morgan fingerprint density at radius 3 is 2.29 bits per heavy atom. The molecule has 0 spiro atoms.